The van der Waals surface area contributed by atoms with E-state index < -0.39 is 5.97 Å². The van der Waals surface area contributed by atoms with Gasteiger partial charge in [-0.05, 0) is 19.3 Å². The van der Waals surface area contributed by atoms with Gasteiger partial charge in [0.15, 0.2) is 0 Å². The van der Waals surface area contributed by atoms with Crippen molar-refractivity contribution in [2.75, 3.05) is 119 Å². The van der Waals surface area contributed by atoms with E-state index in [2.05, 4.69) is 0 Å². The summed E-state index contributed by atoms with van der Waals surface area (Å²) in [5.41, 5.74) is 0. The maximum atomic E-state index is 11.5. The fourth-order valence-corrected chi connectivity index (χ4v) is 2.96. The van der Waals surface area contributed by atoms with Crippen molar-refractivity contribution in [3.8, 4) is 0 Å². The average molecular weight is 613 g/mol. The summed E-state index contributed by atoms with van der Waals surface area (Å²) in [7, 11) is 0. The van der Waals surface area contributed by atoms with Crippen LogP contribution in [-0.4, -0.2) is 142 Å². The zero-order valence-electron chi connectivity index (χ0n) is 25.2. The van der Waals surface area contributed by atoms with Crippen LogP contribution in [0.15, 0.2) is 0 Å². The maximum Gasteiger partial charge on any atom is 0.305 e. The number of ether oxygens (including phenoxy) is 10. The van der Waals surface area contributed by atoms with E-state index in [0.717, 1.165) is 6.42 Å². The first-order chi connectivity index (χ1) is 20.6. The van der Waals surface area contributed by atoms with Crippen LogP contribution in [0.5, 0.6) is 0 Å². The summed E-state index contributed by atoms with van der Waals surface area (Å²) in [5, 5.41) is 8.53. The molecule has 0 bridgehead atoms. The lowest BCUT2D eigenvalue weighted by atomic mass is 10.2. The maximum absolute atomic E-state index is 11.5. The summed E-state index contributed by atoms with van der Waals surface area (Å²) in [4.78, 5) is 33.0. The standard InChI is InChI=1S/C28H52O14/c1-2-5-27(31)41-24-22-39-20-18-37-16-14-35-12-10-33-8-9-34-11-13-36-15-17-38-19-21-40-23-25-42-28(32)7-4-3-6-26(29)30/h2-25H2,1H3,(H,29,30). The minimum absolute atomic E-state index is 0.0588. The number of esters is 2. The molecule has 0 saturated heterocycles. The molecule has 0 fully saturated rings. The molecule has 14 nitrogen and oxygen atoms in total. The molecule has 0 aromatic rings. The van der Waals surface area contributed by atoms with Crippen LogP contribution >= 0.6 is 0 Å². The Kier molecular flexibility index (Phi) is 32.1. The van der Waals surface area contributed by atoms with E-state index in [0.29, 0.717) is 118 Å². The fraction of sp³-hybridized carbons (Fsp3) is 0.893. The van der Waals surface area contributed by atoms with Crippen LogP contribution in [0.1, 0.15) is 45.4 Å². The highest BCUT2D eigenvalue weighted by Crippen LogP contribution is 2.01. The quantitative estimate of drug-likeness (QED) is 0.0824. The monoisotopic (exact) mass is 612 g/mol. The molecule has 0 radical (unpaired) electrons. The van der Waals surface area contributed by atoms with E-state index in [1.54, 1.807) is 0 Å². The summed E-state index contributed by atoms with van der Waals surface area (Å²) in [6, 6.07) is 0. The van der Waals surface area contributed by atoms with E-state index >= 15 is 0 Å². The Morgan fingerprint density at radius 2 is 0.667 bits per heavy atom. The van der Waals surface area contributed by atoms with Crippen LogP contribution in [0.4, 0.5) is 0 Å². The summed E-state index contributed by atoms with van der Waals surface area (Å²) < 4.78 is 53.1. The Morgan fingerprint density at radius 3 is 0.952 bits per heavy atom. The predicted octanol–water partition coefficient (Wildman–Crippen LogP) is 1.65. The van der Waals surface area contributed by atoms with Crippen LogP contribution < -0.4 is 0 Å². The molecular weight excluding hydrogens is 560 g/mol. The van der Waals surface area contributed by atoms with Crippen LogP contribution in [-0.2, 0) is 61.8 Å². The van der Waals surface area contributed by atoms with Crippen molar-refractivity contribution < 1.29 is 66.9 Å². The van der Waals surface area contributed by atoms with Gasteiger partial charge < -0.3 is 52.5 Å². The van der Waals surface area contributed by atoms with Crippen LogP contribution in [0.2, 0.25) is 0 Å². The average Bonchev–Trinajstić information content (AvgIpc) is 2.96. The van der Waals surface area contributed by atoms with Crippen molar-refractivity contribution in [3.63, 3.8) is 0 Å². The molecule has 0 rings (SSSR count). The van der Waals surface area contributed by atoms with Crippen molar-refractivity contribution in [2.24, 2.45) is 0 Å². The first-order valence-corrected chi connectivity index (χ1v) is 14.7. The summed E-state index contributed by atoms with van der Waals surface area (Å²) in [6.45, 7) is 9.33. The van der Waals surface area contributed by atoms with Gasteiger partial charge in [-0.2, -0.15) is 0 Å². The lowest BCUT2D eigenvalue weighted by Gasteiger charge is -2.09. The normalized spacial score (nSPS) is 11.1. The molecule has 0 unspecified atom stereocenters. The number of carbonyl (C=O) groups excluding carboxylic acids is 2. The highest BCUT2D eigenvalue weighted by molar-refractivity contribution is 5.70. The minimum atomic E-state index is -0.865. The SMILES string of the molecule is CCCC(=O)OCCOCCOCCOCCOCCOCCOCCOCCOCCOC(=O)CCCCC(=O)O. The second-order valence-corrected chi connectivity index (χ2v) is 8.69. The van der Waals surface area contributed by atoms with Gasteiger partial charge in [0.2, 0.25) is 0 Å². The Bertz CT molecular complexity index is 619. The number of carboxylic acid groups (broad SMARTS) is 1. The second kappa shape index (κ2) is 33.6. The molecule has 0 heterocycles. The van der Waals surface area contributed by atoms with Crippen molar-refractivity contribution in [3.05, 3.63) is 0 Å². The number of hydrogen-bond acceptors (Lipinski definition) is 13. The summed E-state index contributed by atoms with van der Waals surface area (Å²) >= 11 is 0. The van der Waals surface area contributed by atoms with E-state index in [-0.39, 0.29) is 44.6 Å². The number of rotatable bonds is 34. The van der Waals surface area contributed by atoms with Crippen LogP contribution in [0.3, 0.4) is 0 Å². The highest BCUT2D eigenvalue weighted by atomic mass is 16.6. The molecule has 248 valence electrons. The van der Waals surface area contributed by atoms with Gasteiger partial charge in [0.1, 0.15) is 13.2 Å². The summed E-state index contributed by atoms with van der Waals surface area (Å²) in [5.74, 6) is -1.41. The fourth-order valence-electron chi connectivity index (χ4n) is 2.96. The van der Waals surface area contributed by atoms with Gasteiger partial charge in [-0.15, -0.1) is 0 Å². The molecule has 0 aliphatic rings. The molecule has 0 aromatic heterocycles. The Balaban J connectivity index is 3.12. The Morgan fingerprint density at radius 1 is 0.405 bits per heavy atom. The van der Waals surface area contributed by atoms with Crippen molar-refractivity contribution in [1.82, 2.24) is 0 Å². The van der Waals surface area contributed by atoms with Crippen LogP contribution in [0, 0.1) is 0 Å². The van der Waals surface area contributed by atoms with Gasteiger partial charge in [0, 0.05) is 19.3 Å². The molecule has 14 heteroatoms. The van der Waals surface area contributed by atoms with Crippen molar-refractivity contribution in [1.29, 1.82) is 0 Å². The van der Waals surface area contributed by atoms with Gasteiger partial charge in [0.25, 0.3) is 0 Å². The van der Waals surface area contributed by atoms with Crippen molar-refractivity contribution in [2.45, 2.75) is 45.4 Å². The highest BCUT2D eigenvalue weighted by Gasteiger charge is 2.04. The van der Waals surface area contributed by atoms with E-state index in [1.807, 2.05) is 6.92 Å². The molecule has 0 aliphatic carbocycles. The first kappa shape index (κ1) is 40.1. The molecule has 42 heavy (non-hydrogen) atoms. The third kappa shape index (κ3) is 34.3. The number of unbranched alkanes of at least 4 members (excludes halogenated alkanes) is 1. The molecule has 0 aromatic carbocycles. The molecule has 0 spiro atoms. The molecule has 0 amide bonds. The van der Waals surface area contributed by atoms with Crippen LogP contribution in [0.25, 0.3) is 0 Å². The topological polar surface area (TPSA) is 164 Å². The van der Waals surface area contributed by atoms with Gasteiger partial charge in [-0.3, -0.25) is 14.4 Å². The zero-order chi connectivity index (χ0) is 30.8. The smallest absolute Gasteiger partial charge is 0.305 e. The lowest BCUT2D eigenvalue weighted by Crippen LogP contribution is -2.15. The third-order valence-corrected chi connectivity index (χ3v) is 5.06. The molecule has 0 saturated carbocycles. The van der Waals surface area contributed by atoms with Crippen molar-refractivity contribution >= 4 is 17.9 Å². The summed E-state index contributed by atoms with van der Waals surface area (Å²) in [6.07, 6.45) is 2.44. The number of aliphatic carboxylic acids is 1. The van der Waals surface area contributed by atoms with Gasteiger partial charge in [0.05, 0.1) is 106 Å². The van der Waals surface area contributed by atoms with E-state index in [1.165, 1.54) is 0 Å². The second-order valence-electron chi connectivity index (χ2n) is 8.69. The number of hydrogen-bond donors (Lipinski definition) is 1. The minimum Gasteiger partial charge on any atom is -0.481 e. The zero-order valence-corrected chi connectivity index (χ0v) is 25.2. The van der Waals surface area contributed by atoms with E-state index in [9.17, 15) is 14.4 Å². The van der Waals surface area contributed by atoms with Gasteiger partial charge >= 0.3 is 17.9 Å². The number of carbonyl (C=O) groups is 3. The molecule has 0 atom stereocenters. The Hall–Kier alpha value is -1.91. The third-order valence-electron chi connectivity index (χ3n) is 5.06. The number of carboxylic acids is 1. The first-order valence-electron chi connectivity index (χ1n) is 14.7. The lowest BCUT2D eigenvalue weighted by molar-refractivity contribution is -0.146. The molecule has 0 aliphatic heterocycles. The molecule has 1 N–H and O–H groups in total. The van der Waals surface area contributed by atoms with Gasteiger partial charge in [-0.25, -0.2) is 0 Å². The predicted molar refractivity (Wildman–Crippen MR) is 149 cm³/mol. The largest absolute Gasteiger partial charge is 0.481 e. The van der Waals surface area contributed by atoms with E-state index in [4.69, 9.17) is 52.5 Å². The Labute approximate surface area is 249 Å². The molecular formula is C28H52O14. The van der Waals surface area contributed by atoms with Gasteiger partial charge in [-0.1, -0.05) is 6.92 Å².